The number of benzene rings is 1. The highest BCUT2D eigenvalue weighted by Gasteiger charge is 2.91. The van der Waals surface area contributed by atoms with Crippen molar-refractivity contribution in [1.29, 1.82) is 0 Å². The molecule has 2 saturated heterocycles. The Labute approximate surface area is 358 Å². The first-order chi connectivity index (χ1) is 29.2. The normalized spacial score (nSPS) is 40.2. The van der Waals surface area contributed by atoms with Gasteiger partial charge in [0.2, 0.25) is 11.8 Å². The minimum Gasteiger partial charge on any atom is -0.481 e. The van der Waals surface area contributed by atoms with E-state index in [0.29, 0.717) is 25.9 Å². The molecule has 62 heavy (non-hydrogen) atoms. The van der Waals surface area contributed by atoms with E-state index < -0.39 is 82.4 Å². The van der Waals surface area contributed by atoms with Crippen molar-refractivity contribution in [2.45, 2.75) is 106 Å². The smallest absolute Gasteiger partial charge is 0.340 e. The second kappa shape index (κ2) is 16.2. The number of fused-ring (bicyclic) bond motifs is 2. The van der Waals surface area contributed by atoms with Crippen molar-refractivity contribution in [2.24, 2.45) is 40.4 Å². The largest absolute Gasteiger partial charge is 0.481 e. The molecule has 14 atom stereocenters. The third-order valence-corrected chi connectivity index (χ3v) is 15.8. The maximum atomic E-state index is 14.1. The van der Waals surface area contributed by atoms with Gasteiger partial charge < -0.3 is 54.3 Å². The molecule has 2 unspecified atom stereocenters. The number of hydrogen-bond acceptors (Lipinski definition) is 15. The van der Waals surface area contributed by atoms with E-state index in [4.69, 9.17) is 44.1 Å². The number of esters is 1. The third kappa shape index (κ3) is 6.28. The number of nitrogens with zero attached hydrogens (tertiary/aromatic N) is 2. The van der Waals surface area contributed by atoms with Crippen LogP contribution < -0.4 is 4.90 Å². The predicted octanol–water partition coefficient (Wildman–Crippen LogP) is 0.787. The first kappa shape index (κ1) is 45.9. The number of para-hydroxylation sites is 1. The van der Waals surface area contributed by atoms with Crippen molar-refractivity contribution in [3.63, 3.8) is 0 Å². The van der Waals surface area contributed by atoms with Gasteiger partial charge in [-0.05, 0) is 43.9 Å². The van der Waals surface area contributed by atoms with Crippen LogP contribution in [0.2, 0.25) is 0 Å². The van der Waals surface area contributed by atoms with Crippen LogP contribution in [0.5, 0.6) is 0 Å². The SMILES string of the molecule is CCN1C[C@]2(COC(=O)c3ccccc3N3C(=O)C[C@H](C)C3=O)CC[C@H](OC)[C@@]34C2[C@H](OC)[C@](O)(C13)[C@@]1(O)C[C@H](OC)[C@H]2C[C@@H]4[C@@H]1[C@H]2OC.O=C(O)CC(O)(CC(=O)O)C(=O)O. The van der Waals surface area contributed by atoms with Crippen LogP contribution in [-0.2, 0) is 47.7 Å². The van der Waals surface area contributed by atoms with E-state index in [1.807, 2.05) is 0 Å². The van der Waals surface area contributed by atoms with Gasteiger partial charge in [-0.15, -0.1) is 0 Å². The molecule has 5 aliphatic carbocycles. The number of rotatable bonds is 14. The van der Waals surface area contributed by atoms with Crippen LogP contribution in [0.25, 0.3) is 0 Å². The summed E-state index contributed by atoms with van der Waals surface area (Å²) in [4.78, 5) is 73.8. The lowest BCUT2D eigenvalue weighted by Gasteiger charge is -2.70. The van der Waals surface area contributed by atoms with Crippen LogP contribution in [-0.4, -0.2) is 167 Å². The average Bonchev–Trinajstić information content (AvgIpc) is 3.75. The van der Waals surface area contributed by atoms with Gasteiger partial charge in [-0.3, -0.25) is 24.1 Å². The van der Waals surface area contributed by atoms with Crippen molar-refractivity contribution in [2.75, 3.05) is 53.0 Å². The van der Waals surface area contributed by atoms with Crippen molar-refractivity contribution in [3.05, 3.63) is 29.8 Å². The molecule has 8 rings (SSSR count). The van der Waals surface area contributed by atoms with Gasteiger partial charge in [0.05, 0.1) is 61.2 Å². The van der Waals surface area contributed by atoms with Gasteiger partial charge in [-0.2, -0.15) is 0 Å². The summed E-state index contributed by atoms with van der Waals surface area (Å²) in [5.74, 6) is -7.49. The van der Waals surface area contributed by atoms with Gasteiger partial charge in [0.25, 0.3) is 0 Å². The number of aliphatic carboxylic acids is 3. The van der Waals surface area contributed by atoms with Gasteiger partial charge in [-0.1, -0.05) is 26.0 Å². The number of carboxylic acid groups (broad SMARTS) is 3. The summed E-state index contributed by atoms with van der Waals surface area (Å²) in [6.45, 7) is 4.95. The van der Waals surface area contributed by atoms with E-state index in [9.17, 15) is 39.0 Å². The molecule has 2 amide bonds. The standard InChI is InChI=1S/C37H50N2O10.C6H8O7/c1-7-38-17-34(18-49-32(42)20-10-8-9-11-23(20)39-26(40)14-19(2)31(39)41)13-12-25(46-4)36-22-15-21-24(45-3)16-35(43,27(22)28(21)47-5)37(44,33(36)38)30(48-6)29(34)36;7-3(8)1-6(13,5(11)12)2-4(9)10/h8-11,19,21-22,24-25,27-30,33,43-44H,7,12-18H2,1-6H3;13H,1-2H2,(H,7,8)(H,9,10)(H,11,12)/t19-,21+,22+,24-,25-,27+,28-,29?,30-,33?,34-,35+,36-,37-;/m0./s1. The Morgan fingerprint density at radius 2 is 1.60 bits per heavy atom. The molecular formula is C43H58N2O17. The van der Waals surface area contributed by atoms with Gasteiger partial charge in [-0.25, -0.2) is 14.5 Å². The molecule has 7 bridgehead atoms. The average molecular weight is 875 g/mol. The second-order valence-corrected chi connectivity index (χ2v) is 18.4. The molecule has 0 aromatic heterocycles. The molecule has 19 nitrogen and oxygen atoms in total. The highest BCUT2D eigenvalue weighted by molar-refractivity contribution is 6.22. The van der Waals surface area contributed by atoms with E-state index in [-0.39, 0.29) is 84.5 Å². The van der Waals surface area contributed by atoms with Crippen molar-refractivity contribution in [1.82, 2.24) is 4.90 Å². The van der Waals surface area contributed by atoms with Crippen LogP contribution in [0.15, 0.2) is 24.3 Å². The summed E-state index contributed by atoms with van der Waals surface area (Å²) < 4.78 is 31.4. The van der Waals surface area contributed by atoms with Gasteiger partial charge in [0.1, 0.15) is 11.2 Å². The number of carbonyl (C=O) groups is 6. The second-order valence-electron chi connectivity index (χ2n) is 18.4. The zero-order valence-corrected chi connectivity index (χ0v) is 35.7. The van der Waals surface area contributed by atoms with Crippen molar-refractivity contribution >= 4 is 41.4 Å². The fourth-order valence-electron chi connectivity index (χ4n) is 13.9. The Kier molecular flexibility index (Phi) is 12.0. The topological polar surface area (TPSA) is 276 Å². The Morgan fingerprint density at radius 1 is 0.935 bits per heavy atom. The number of hydrogen-bond donors (Lipinski definition) is 6. The molecule has 1 aromatic carbocycles. The summed E-state index contributed by atoms with van der Waals surface area (Å²) in [6, 6.07) is 6.12. The van der Waals surface area contributed by atoms with Gasteiger partial charge in [0.15, 0.2) is 5.60 Å². The summed E-state index contributed by atoms with van der Waals surface area (Å²) in [6.07, 6.45) is -1.48. The first-order valence-electron chi connectivity index (χ1n) is 21.0. The van der Waals surface area contributed by atoms with Crippen molar-refractivity contribution in [3.8, 4) is 0 Å². The molecule has 6 N–H and O–H groups in total. The number of likely N-dealkylation sites (N-methyl/N-ethyl adjacent to an activating group) is 1. The van der Waals surface area contributed by atoms with E-state index in [1.54, 1.807) is 59.6 Å². The van der Waals surface area contributed by atoms with Gasteiger partial charge >= 0.3 is 23.9 Å². The molecule has 2 heterocycles. The number of carbonyl (C=O) groups excluding carboxylic acids is 3. The maximum Gasteiger partial charge on any atom is 0.340 e. The van der Waals surface area contributed by atoms with Crippen molar-refractivity contribution < 1.29 is 83.1 Å². The number of methoxy groups -OCH3 is 4. The molecule has 0 radical (unpaired) electrons. The highest BCUT2D eigenvalue weighted by Crippen LogP contribution is 2.80. The Bertz CT molecular complexity index is 1980. The van der Waals surface area contributed by atoms with E-state index in [0.717, 1.165) is 11.3 Å². The van der Waals surface area contributed by atoms with Crippen LogP contribution >= 0.6 is 0 Å². The fourth-order valence-corrected chi connectivity index (χ4v) is 13.9. The lowest BCUT2D eigenvalue weighted by molar-refractivity contribution is -0.320. The zero-order chi connectivity index (χ0) is 45.5. The Morgan fingerprint density at radius 3 is 2.13 bits per heavy atom. The highest BCUT2D eigenvalue weighted by atomic mass is 16.5. The number of amides is 2. The molecule has 1 spiro atoms. The van der Waals surface area contributed by atoms with Gasteiger partial charge in [0, 0.05) is 82.3 Å². The molecule has 2 aliphatic heterocycles. The van der Waals surface area contributed by atoms with E-state index in [1.165, 1.54) is 0 Å². The monoisotopic (exact) mass is 874 g/mol. The van der Waals surface area contributed by atoms with Crippen LogP contribution in [0.4, 0.5) is 5.69 Å². The lowest BCUT2D eigenvalue weighted by Crippen LogP contribution is -2.82. The summed E-state index contributed by atoms with van der Waals surface area (Å²) >= 11 is 0. The fraction of sp³-hybridized carbons (Fsp3) is 0.721. The Balaban J connectivity index is 0.000000387. The molecular weight excluding hydrogens is 816 g/mol. The van der Waals surface area contributed by atoms with Crippen LogP contribution in [0, 0.1) is 40.4 Å². The number of anilines is 1. The number of carboxylic acids is 3. The Hall–Kier alpha value is -4.08. The summed E-state index contributed by atoms with van der Waals surface area (Å²) in [5, 5.41) is 60.4. The summed E-state index contributed by atoms with van der Waals surface area (Å²) in [5.41, 5.74) is -6.91. The van der Waals surface area contributed by atoms with Crippen LogP contribution in [0.3, 0.4) is 0 Å². The van der Waals surface area contributed by atoms with E-state index >= 15 is 0 Å². The summed E-state index contributed by atoms with van der Waals surface area (Å²) in [7, 11) is 6.70. The molecule has 7 fully saturated rings. The molecule has 1 aromatic rings. The number of likely N-dealkylation sites (tertiary alicyclic amines) is 1. The molecule has 19 heteroatoms. The number of ether oxygens (including phenoxy) is 5. The molecule has 342 valence electrons. The number of imide groups is 1. The third-order valence-electron chi connectivity index (χ3n) is 15.8. The lowest BCUT2D eigenvalue weighted by atomic mass is 9.42. The quantitative estimate of drug-likeness (QED) is 0.111. The predicted molar refractivity (Wildman–Crippen MR) is 212 cm³/mol. The zero-order valence-electron chi connectivity index (χ0n) is 35.7. The van der Waals surface area contributed by atoms with Crippen LogP contribution in [0.1, 0.15) is 69.2 Å². The first-order valence-corrected chi connectivity index (χ1v) is 21.0. The minimum atomic E-state index is -2.74. The number of aliphatic hydroxyl groups is 3. The van der Waals surface area contributed by atoms with E-state index in [2.05, 4.69) is 11.8 Å². The minimum absolute atomic E-state index is 0.0358. The maximum absolute atomic E-state index is 14.1. The number of piperidine rings is 1. The molecule has 5 saturated carbocycles. The molecule has 7 aliphatic rings.